The Labute approximate surface area is 333 Å². The number of ether oxygens (including phenoxy) is 1. The topological polar surface area (TPSA) is 135 Å². The molecule has 3 aromatic heterocycles. The van der Waals surface area contributed by atoms with E-state index >= 15 is 0 Å². The minimum Gasteiger partial charge on any atom is -0.422 e. The van der Waals surface area contributed by atoms with Gasteiger partial charge in [0.15, 0.2) is 23.3 Å². The maximum absolute atomic E-state index is 13.9. The first-order valence-electron chi connectivity index (χ1n) is 17.1. The second kappa shape index (κ2) is 13.4. The zero-order chi connectivity index (χ0) is 35.0. The molecule has 0 saturated heterocycles. The van der Waals surface area contributed by atoms with Gasteiger partial charge in [0.1, 0.15) is 28.3 Å². The number of esters is 1. The molecule has 11 rings (SSSR count). The normalized spacial score (nSPS) is 11.4. The summed E-state index contributed by atoms with van der Waals surface area (Å²) in [7, 11) is 0. The number of carbonyl (C=O) groups excluding carboxylic acids is 1. The number of hydrogen-bond acceptors (Lipinski definition) is 8. The maximum Gasteiger partial charge on any atom is 0.344 e. The first-order valence-corrected chi connectivity index (χ1v) is 17.1. The summed E-state index contributed by atoms with van der Waals surface area (Å²) in [6.07, 6.45) is 0. The van der Waals surface area contributed by atoms with Gasteiger partial charge in [-0.3, -0.25) is 0 Å². The third-order valence-corrected chi connectivity index (χ3v) is 9.75. The van der Waals surface area contributed by atoms with Crippen molar-refractivity contribution >= 4 is 60.9 Å². The van der Waals surface area contributed by atoms with E-state index in [1.807, 2.05) is 121 Å². The molecule has 5 heterocycles. The van der Waals surface area contributed by atoms with Crippen molar-refractivity contribution in [2.75, 3.05) is 0 Å². The van der Waals surface area contributed by atoms with Gasteiger partial charge in [0.2, 0.25) is 0 Å². The van der Waals surface area contributed by atoms with Gasteiger partial charge in [-0.15, -0.1) is 0 Å². The van der Waals surface area contributed by atoms with Crippen molar-refractivity contribution in [1.82, 2.24) is 39.9 Å². The fourth-order valence-electron chi connectivity index (χ4n) is 7.30. The van der Waals surface area contributed by atoms with Gasteiger partial charge in [-0.25, -0.2) is 34.7 Å². The van der Waals surface area contributed by atoms with Gasteiger partial charge < -0.3 is 14.7 Å². The number of nitrogens with one attached hydrogen (secondary N) is 2. The SMILES string of the molecule is O=C(Oc1cccc2c3nc4nc(nc5[nH]c(nc6nc(nc([nH]3)c12)-c1ccccc1-6)c1ccccc51)-c1ccccc1-4)c1cccc2ccccc12.[Cu].[Cu]. The number of nitrogens with zero attached hydrogens (tertiary/aromatic N) is 6. The van der Waals surface area contributed by atoms with Crippen LogP contribution in [-0.4, -0.2) is 45.8 Å². The number of benzene rings is 6. The third kappa shape index (κ3) is 5.50. The predicted molar refractivity (Wildman–Crippen MR) is 205 cm³/mol. The van der Waals surface area contributed by atoms with Crippen LogP contribution >= 0.6 is 0 Å². The summed E-state index contributed by atoms with van der Waals surface area (Å²) in [5.41, 5.74) is 5.98. The van der Waals surface area contributed by atoms with E-state index in [2.05, 4.69) is 9.97 Å². The summed E-state index contributed by atoms with van der Waals surface area (Å²) >= 11 is 0. The quantitative estimate of drug-likeness (QED) is 0.100. The van der Waals surface area contributed by atoms with Crippen LogP contribution in [0, 0.1) is 0 Å². The van der Waals surface area contributed by atoms with Crippen LogP contribution in [0.25, 0.3) is 100 Å². The summed E-state index contributed by atoms with van der Waals surface area (Å²) in [6, 6.07) is 42.6. The van der Waals surface area contributed by atoms with E-state index in [9.17, 15) is 4.79 Å². The average Bonchev–Trinajstić information content (AvgIpc) is 3.94. The van der Waals surface area contributed by atoms with Crippen LogP contribution in [0.2, 0.25) is 0 Å². The minimum absolute atomic E-state index is 0. The smallest absolute Gasteiger partial charge is 0.344 e. The molecule has 12 heteroatoms. The molecular formula is C43H24Cu2N8O2. The van der Waals surface area contributed by atoms with E-state index in [4.69, 9.17) is 34.6 Å². The zero-order valence-electron chi connectivity index (χ0n) is 28.3. The average molecular weight is 812 g/mol. The van der Waals surface area contributed by atoms with Crippen LogP contribution in [0.1, 0.15) is 10.4 Å². The largest absolute Gasteiger partial charge is 0.422 e. The van der Waals surface area contributed by atoms with E-state index in [1.165, 1.54) is 0 Å². The minimum atomic E-state index is -0.483. The molecule has 0 fully saturated rings. The Morgan fingerprint density at radius 1 is 0.418 bits per heavy atom. The number of aromatic amines is 2. The zero-order valence-corrected chi connectivity index (χ0v) is 30.2. The van der Waals surface area contributed by atoms with Crippen molar-refractivity contribution in [2.24, 2.45) is 0 Å². The number of rotatable bonds is 2. The summed E-state index contributed by atoms with van der Waals surface area (Å²) in [5.74, 6) is 1.82. The Bertz CT molecular complexity index is 3200. The Morgan fingerprint density at radius 3 is 1.42 bits per heavy atom. The van der Waals surface area contributed by atoms with E-state index in [0.29, 0.717) is 68.0 Å². The molecule has 2 N–H and O–H groups in total. The molecule has 0 atom stereocenters. The molecular weight excluding hydrogens is 788 g/mol. The second-order valence-corrected chi connectivity index (χ2v) is 12.8. The van der Waals surface area contributed by atoms with Crippen LogP contribution in [0.4, 0.5) is 0 Å². The van der Waals surface area contributed by atoms with Crippen LogP contribution < -0.4 is 4.74 Å². The number of aromatic nitrogens is 8. The molecule has 10 nitrogen and oxygen atoms in total. The fourth-order valence-corrected chi connectivity index (χ4v) is 7.30. The molecule has 9 aromatic rings. The first kappa shape index (κ1) is 34.2. The van der Waals surface area contributed by atoms with Gasteiger partial charge in [0, 0.05) is 72.5 Å². The van der Waals surface area contributed by atoms with E-state index in [0.717, 1.165) is 43.8 Å². The Morgan fingerprint density at radius 2 is 0.836 bits per heavy atom. The molecule has 2 aliphatic rings. The Balaban J connectivity index is 0.00000198. The van der Waals surface area contributed by atoms with Crippen LogP contribution in [0.15, 0.2) is 133 Å². The molecule has 2 radical (unpaired) electrons. The summed E-state index contributed by atoms with van der Waals surface area (Å²) < 4.78 is 6.22. The summed E-state index contributed by atoms with van der Waals surface area (Å²) in [6.45, 7) is 0. The van der Waals surface area contributed by atoms with Gasteiger partial charge >= 0.3 is 5.97 Å². The Kier molecular flexibility index (Phi) is 8.33. The molecule has 270 valence electrons. The van der Waals surface area contributed by atoms with Crippen molar-refractivity contribution in [2.45, 2.75) is 0 Å². The molecule has 2 aliphatic heterocycles. The van der Waals surface area contributed by atoms with Crippen LogP contribution in [0.5, 0.6) is 5.75 Å². The van der Waals surface area contributed by atoms with Crippen LogP contribution in [-0.2, 0) is 34.1 Å². The molecule has 0 amide bonds. The predicted octanol–water partition coefficient (Wildman–Crippen LogP) is 9.24. The number of H-pyrrole nitrogens is 2. The summed E-state index contributed by atoms with van der Waals surface area (Å²) in [4.78, 5) is 51.0. The molecule has 0 saturated carbocycles. The molecule has 55 heavy (non-hydrogen) atoms. The van der Waals surface area contributed by atoms with Gasteiger partial charge in [-0.05, 0) is 22.9 Å². The number of fused-ring (bicyclic) bond motifs is 21. The molecule has 0 aliphatic carbocycles. The van der Waals surface area contributed by atoms with Crippen molar-refractivity contribution in [1.29, 1.82) is 0 Å². The van der Waals surface area contributed by atoms with E-state index in [-0.39, 0.29) is 34.1 Å². The molecule has 0 spiro atoms. The van der Waals surface area contributed by atoms with Gasteiger partial charge in [-0.1, -0.05) is 121 Å². The molecule has 6 aromatic carbocycles. The van der Waals surface area contributed by atoms with E-state index < -0.39 is 5.97 Å². The van der Waals surface area contributed by atoms with E-state index in [1.54, 1.807) is 12.1 Å². The first-order chi connectivity index (χ1) is 26.2. The standard InChI is InChI=1S/C43H24N8O2.2Cu/c52-43(31-20-9-12-23-11-1-2-13-24(23)31)53-33-22-10-21-32-34(33)42-50-40-30-19-8-7-18-29(30)38(48-40)46-36-26-15-4-3-14-25(26)35(44-36)45-37-27-16-5-6-17-28(27)39(47-37)49-41(32)51-42;;/h1-22H,(H2,44,45,46,47,48,49,50,51);;. The number of carbonyl (C=O) groups is 1. The fraction of sp³-hybridized carbons (Fsp3) is 0. The van der Waals surface area contributed by atoms with Crippen molar-refractivity contribution < 1.29 is 43.7 Å². The van der Waals surface area contributed by atoms with Gasteiger partial charge in [0.05, 0.1) is 10.9 Å². The number of hydrogen-bond donors (Lipinski definition) is 2. The third-order valence-electron chi connectivity index (χ3n) is 9.75. The van der Waals surface area contributed by atoms with Gasteiger partial charge in [0.25, 0.3) is 0 Å². The molecule has 0 unspecified atom stereocenters. The Hall–Kier alpha value is -6.55. The van der Waals surface area contributed by atoms with Crippen molar-refractivity contribution in [3.05, 3.63) is 139 Å². The van der Waals surface area contributed by atoms with Crippen molar-refractivity contribution in [3.8, 4) is 51.3 Å². The van der Waals surface area contributed by atoms with Gasteiger partial charge in [-0.2, -0.15) is 0 Å². The summed E-state index contributed by atoms with van der Waals surface area (Å²) in [5, 5.41) is 4.84. The maximum atomic E-state index is 13.9. The van der Waals surface area contributed by atoms with Crippen LogP contribution in [0.3, 0.4) is 0 Å². The van der Waals surface area contributed by atoms with Crippen molar-refractivity contribution in [3.63, 3.8) is 0 Å². The second-order valence-electron chi connectivity index (χ2n) is 12.8. The molecule has 8 bridgehead atoms. The monoisotopic (exact) mass is 810 g/mol.